The highest BCUT2D eigenvalue weighted by Gasteiger charge is 2.10. The Morgan fingerprint density at radius 3 is 1.92 bits per heavy atom. The molecule has 0 amide bonds. The molecule has 3 nitrogen and oxygen atoms in total. The van der Waals surface area contributed by atoms with Crippen LogP contribution in [0, 0.1) is 0 Å². The molecule has 4 heteroatoms. The molecule has 0 spiro atoms. The summed E-state index contributed by atoms with van der Waals surface area (Å²) in [6.45, 7) is 5.54. The third kappa shape index (κ3) is 8.20. The predicted octanol–water partition coefficient (Wildman–Crippen LogP) is 0.888. The van der Waals surface area contributed by atoms with Crippen LogP contribution < -0.4 is 5.32 Å². The first-order chi connectivity index (χ1) is 5.74. The van der Waals surface area contributed by atoms with Crippen molar-refractivity contribution in [2.75, 3.05) is 20.8 Å². The van der Waals surface area contributed by atoms with Crippen molar-refractivity contribution in [1.82, 2.24) is 5.32 Å². The van der Waals surface area contributed by atoms with E-state index in [0.717, 1.165) is 12.1 Å². The first-order valence-corrected chi connectivity index (χ1v) is 6.29. The Balaban J connectivity index is 0.000000247. The summed E-state index contributed by atoms with van der Waals surface area (Å²) < 4.78 is 10.1. The topological polar surface area (TPSA) is 40.4 Å². The van der Waals surface area contributed by atoms with Gasteiger partial charge < -0.3 is 14.2 Å². The van der Waals surface area contributed by atoms with Gasteiger partial charge in [0.1, 0.15) is 0 Å². The molecule has 1 atom stereocenters. The van der Waals surface area contributed by atoms with Gasteiger partial charge in [-0.05, 0) is 13.0 Å². The highest BCUT2D eigenvalue weighted by Crippen LogP contribution is 1.96. The van der Waals surface area contributed by atoms with E-state index in [9.17, 15) is 0 Å². The van der Waals surface area contributed by atoms with E-state index in [1.165, 1.54) is 13.0 Å². The Morgan fingerprint density at radius 2 is 1.83 bits per heavy atom. The fourth-order valence-corrected chi connectivity index (χ4v) is 1.82. The maximum atomic E-state index is 5.06. The van der Waals surface area contributed by atoms with Gasteiger partial charge in [-0.25, -0.2) is 0 Å². The third-order valence-corrected chi connectivity index (χ3v) is 3.76. The van der Waals surface area contributed by atoms with Gasteiger partial charge >= 0.3 is 9.28 Å². The normalized spacial score (nSPS) is 20.2. The van der Waals surface area contributed by atoms with E-state index in [4.69, 9.17) is 8.85 Å². The molecule has 74 valence electrons. The number of rotatable bonds is 4. The van der Waals surface area contributed by atoms with Crippen LogP contribution >= 0.6 is 0 Å². The van der Waals surface area contributed by atoms with Crippen molar-refractivity contribution in [2.45, 2.75) is 32.4 Å². The molecule has 0 aliphatic carbocycles. The monoisotopic (exact) mass is 191 g/mol. The minimum Gasteiger partial charge on any atom is -0.400 e. The molecule has 1 heterocycles. The lowest BCUT2D eigenvalue weighted by molar-refractivity contribution is 0.277. The predicted molar refractivity (Wildman–Crippen MR) is 53.7 cm³/mol. The first kappa shape index (κ1) is 12.1. The second-order valence-corrected chi connectivity index (χ2v) is 5.38. The zero-order valence-corrected chi connectivity index (χ0v) is 9.75. The number of hydrogen-bond donors (Lipinski definition) is 1. The van der Waals surface area contributed by atoms with Gasteiger partial charge in [0.25, 0.3) is 0 Å². The van der Waals surface area contributed by atoms with Crippen LogP contribution in [0.1, 0.15) is 20.3 Å². The molecule has 12 heavy (non-hydrogen) atoms. The molecule has 1 saturated heterocycles. The summed E-state index contributed by atoms with van der Waals surface area (Å²) in [5.41, 5.74) is 0. The standard InChI is InChI=1S/C5H14O2Si.C3H7N/c1-4-5-8(6-2)7-3;1-3-2-4-3/h8H,4-5H2,1-3H3;3-4H,2H2,1H3. The van der Waals surface area contributed by atoms with E-state index in [2.05, 4.69) is 19.2 Å². The molecule has 1 unspecified atom stereocenters. The number of nitrogens with one attached hydrogen (secondary N) is 1. The molecule has 1 aliphatic rings. The van der Waals surface area contributed by atoms with E-state index in [0.29, 0.717) is 0 Å². The van der Waals surface area contributed by atoms with E-state index < -0.39 is 9.28 Å². The molecular formula is C8H21NO2Si. The van der Waals surface area contributed by atoms with Crippen molar-refractivity contribution in [2.24, 2.45) is 0 Å². The van der Waals surface area contributed by atoms with Gasteiger partial charge in [0.15, 0.2) is 0 Å². The van der Waals surface area contributed by atoms with E-state index in [-0.39, 0.29) is 0 Å². The van der Waals surface area contributed by atoms with Gasteiger partial charge in [0.2, 0.25) is 0 Å². The zero-order valence-electron chi connectivity index (χ0n) is 8.59. The molecule has 0 saturated carbocycles. The smallest absolute Gasteiger partial charge is 0.320 e. The fraction of sp³-hybridized carbons (Fsp3) is 1.00. The molecular weight excluding hydrogens is 170 g/mol. The van der Waals surface area contributed by atoms with Crippen LogP contribution in [0.3, 0.4) is 0 Å². The van der Waals surface area contributed by atoms with Crippen molar-refractivity contribution < 1.29 is 8.85 Å². The first-order valence-electron chi connectivity index (χ1n) is 4.53. The fourth-order valence-electron chi connectivity index (χ4n) is 0.685. The average molecular weight is 191 g/mol. The van der Waals surface area contributed by atoms with Gasteiger partial charge in [-0.2, -0.15) is 0 Å². The van der Waals surface area contributed by atoms with Gasteiger partial charge in [-0.1, -0.05) is 13.3 Å². The Labute approximate surface area is 77.3 Å². The molecule has 0 radical (unpaired) electrons. The van der Waals surface area contributed by atoms with Crippen LogP contribution in [0.5, 0.6) is 0 Å². The largest absolute Gasteiger partial charge is 0.400 e. The van der Waals surface area contributed by atoms with Gasteiger partial charge in [0.05, 0.1) is 0 Å². The zero-order chi connectivity index (χ0) is 9.40. The minimum absolute atomic E-state index is 0.833. The lowest BCUT2D eigenvalue weighted by Gasteiger charge is -2.07. The molecule has 0 bridgehead atoms. The van der Waals surface area contributed by atoms with Crippen LogP contribution in [-0.4, -0.2) is 36.1 Å². The maximum Gasteiger partial charge on any atom is 0.320 e. The highest BCUT2D eigenvalue weighted by atomic mass is 28.3. The van der Waals surface area contributed by atoms with E-state index in [1.54, 1.807) is 14.2 Å². The van der Waals surface area contributed by atoms with Crippen LogP contribution in [0.4, 0.5) is 0 Å². The van der Waals surface area contributed by atoms with Crippen LogP contribution in [0.2, 0.25) is 6.04 Å². The molecule has 0 aromatic heterocycles. The van der Waals surface area contributed by atoms with Crippen molar-refractivity contribution >= 4 is 9.28 Å². The summed E-state index contributed by atoms with van der Waals surface area (Å²) in [6.07, 6.45) is 1.17. The summed E-state index contributed by atoms with van der Waals surface area (Å²) in [4.78, 5) is 0. The lowest BCUT2D eigenvalue weighted by Crippen LogP contribution is -2.17. The highest BCUT2D eigenvalue weighted by molar-refractivity contribution is 6.44. The second-order valence-electron chi connectivity index (χ2n) is 3.00. The van der Waals surface area contributed by atoms with Crippen LogP contribution in [-0.2, 0) is 8.85 Å². The third-order valence-electron chi connectivity index (χ3n) is 1.66. The van der Waals surface area contributed by atoms with E-state index in [1.807, 2.05) is 0 Å². The molecule has 0 aromatic carbocycles. The molecule has 1 fully saturated rings. The van der Waals surface area contributed by atoms with Crippen LogP contribution in [0.25, 0.3) is 0 Å². The molecule has 0 aromatic rings. The summed E-state index contributed by atoms with van der Waals surface area (Å²) in [6, 6.07) is 1.95. The summed E-state index contributed by atoms with van der Waals surface area (Å²) >= 11 is 0. The molecule has 1 N–H and O–H groups in total. The molecule has 1 rings (SSSR count). The quantitative estimate of drug-likeness (QED) is 0.530. The van der Waals surface area contributed by atoms with Gasteiger partial charge in [-0.3, -0.25) is 0 Å². The summed E-state index contributed by atoms with van der Waals surface area (Å²) in [5, 5.41) is 3.10. The van der Waals surface area contributed by atoms with Crippen molar-refractivity contribution in [3.63, 3.8) is 0 Å². The Morgan fingerprint density at radius 1 is 1.42 bits per heavy atom. The van der Waals surface area contributed by atoms with Crippen molar-refractivity contribution in [3.05, 3.63) is 0 Å². The summed E-state index contributed by atoms with van der Waals surface area (Å²) in [5.74, 6) is 0. The Hall–Kier alpha value is 0.0969. The Bertz CT molecular complexity index is 95.1. The van der Waals surface area contributed by atoms with E-state index >= 15 is 0 Å². The Kier molecular flexibility index (Phi) is 7.79. The number of hydrogen-bond acceptors (Lipinski definition) is 3. The van der Waals surface area contributed by atoms with Crippen molar-refractivity contribution in [3.8, 4) is 0 Å². The average Bonchev–Trinajstić information content (AvgIpc) is 2.84. The lowest BCUT2D eigenvalue weighted by atomic mass is 10.6. The SMILES string of the molecule is CC1CN1.CCC[SiH](OC)OC. The van der Waals surface area contributed by atoms with Crippen LogP contribution in [0.15, 0.2) is 0 Å². The summed E-state index contributed by atoms with van der Waals surface area (Å²) in [7, 11) is 2.24. The van der Waals surface area contributed by atoms with Gasteiger partial charge in [0, 0.05) is 26.8 Å². The van der Waals surface area contributed by atoms with Crippen molar-refractivity contribution in [1.29, 1.82) is 0 Å². The second kappa shape index (κ2) is 7.73. The van der Waals surface area contributed by atoms with Gasteiger partial charge in [-0.15, -0.1) is 0 Å². The minimum atomic E-state index is -1.19. The maximum absolute atomic E-state index is 5.06. The molecule has 1 aliphatic heterocycles.